The van der Waals surface area contributed by atoms with Crippen molar-refractivity contribution in [3.63, 3.8) is 0 Å². The van der Waals surface area contributed by atoms with Gasteiger partial charge in [0.2, 0.25) is 5.91 Å². The Morgan fingerprint density at radius 1 is 1.27 bits per heavy atom. The molecule has 3 N–H and O–H groups in total. The molecular weight excluding hydrogens is 324 g/mol. The van der Waals surface area contributed by atoms with E-state index >= 15 is 0 Å². The first kappa shape index (κ1) is 18.9. The summed E-state index contributed by atoms with van der Waals surface area (Å²) in [6, 6.07) is 3.56. The second-order valence-electron chi connectivity index (χ2n) is 4.96. The van der Waals surface area contributed by atoms with Crippen LogP contribution >= 0.6 is 23.7 Å². The highest BCUT2D eigenvalue weighted by atomic mass is 35.5. The molecule has 1 aliphatic rings. The summed E-state index contributed by atoms with van der Waals surface area (Å²) < 4.78 is 0. The van der Waals surface area contributed by atoms with Gasteiger partial charge in [-0.1, -0.05) is 6.07 Å². The lowest BCUT2D eigenvalue weighted by Crippen LogP contribution is -2.44. The van der Waals surface area contributed by atoms with Gasteiger partial charge in [0.15, 0.2) is 0 Å². The lowest BCUT2D eigenvalue weighted by molar-refractivity contribution is -0.120. The Kier molecular flexibility index (Phi) is 9.07. The Hall–Kier alpha value is -1.15. The Morgan fingerprint density at radius 3 is 2.73 bits per heavy atom. The minimum Gasteiger partial charge on any atom is -0.355 e. The number of hydrogen-bond donors (Lipinski definition) is 3. The zero-order valence-electron chi connectivity index (χ0n) is 12.5. The quantitative estimate of drug-likeness (QED) is 0.621. The predicted molar refractivity (Wildman–Crippen MR) is 90.8 cm³/mol. The largest absolute Gasteiger partial charge is 0.355 e. The van der Waals surface area contributed by atoms with Crippen LogP contribution in [0, 0.1) is 0 Å². The van der Waals surface area contributed by atoms with Crippen LogP contribution < -0.4 is 16.0 Å². The van der Waals surface area contributed by atoms with Gasteiger partial charge in [0.05, 0.1) is 11.4 Å². The summed E-state index contributed by atoms with van der Waals surface area (Å²) >= 11 is 1.37. The molecule has 22 heavy (non-hydrogen) atoms. The van der Waals surface area contributed by atoms with Crippen LogP contribution in [0.25, 0.3) is 0 Å². The molecule has 2 amide bonds. The lowest BCUT2D eigenvalue weighted by atomic mass is 10.3. The molecule has 1 fully saturated rings. The van der Waals surface area contributed by atoms with Crippen molar-refractivity contribution >= 4 is 35.6 Å². The van der Waals surface area contributed by atoms with E-state index in [0.29, 0.717) is 11.4 Å². The van der Waals surface area contributed by atoms with Gasteiger partial charge in [-0.3, -0.25) is 9.59 Å². The zero-order valence-corrected chi connectivity index (χ0v) is 14.1. The molecule has 1 aromatic heterocycles. The standard InChI is InChI=1S/C14H22N4O2S.ClH/c19-13(11-17-14(20)12-3-1-10-21-12)16-4-2-7-18-8-5-15-6-9-18;/h1,3,10,15H,2,4-9,11H2,(H,16,19)(H,17,20);1H. The second kappa shape index (κ2) is 10.6. The fourth-order valence-electron chi connectivity index (χ4n) is 2.18. The molecule has 0 aromatic carbocycles. The number of carbonyl (C=O) groups is 2. The molecule has 0 radical (unpaired) electrons. The summed E-state index contributed by atoms with van der Waals surface area (Å²) in [5, 5.41) is 10.6. The SMILES string of the molecule is Cl.O=C(CNC(=O)c1cccs1)NCCCN1CCNCC1. The maximum absolute atomic E-state index is 11.7. The van der Waals surface area contributed by atoms with E-state index in [1.165, 1.54) is 11.3 Å². The van der Waals surface area contributed by atoms with E-state index in [9.17, 15) is 9.59 Å². The molecule has 2 heterocycles. The number of rotatable bonds is 7. The predicted octanol–water partition coefficient (Wildman–Crippen LogP) is 0.311. The average molecular weight is 347 g/mol. The summed E-state index contributed by atoms with van der Waals surface area (Å²) in [7, 11) is 0. The maximum Gasteiger partial charge on any atom is 0.261 e. The van der Waals surface area contributed by atoms with Crippen molar-refractivity contribution in [2.75, 3.05) is 45.8 Å². The van der Waals surface area contributed by atoms with E-state index in [4.69, 9.17) is 0 Å². The van der Waals surface area contributed by atoms with E-state index in [1.807, 2.05) is 11.4 Å². The smallest absolute Gasteiger partial charge is 0.261 e. The average Bonchev–Trinajstić information content (AvgIpc) is 3.05. The van der Waals surface area contributed by atoms with Gasteiger partial charge >= 0.3 is 0 Å². The molecule has 2 rings (SSSR count). The topological polar surface area (TPSA) is 73.5 Å². The van der Waals surface area contributed by atoms with Crippen LogP contribution in [-0.4, -0.2) is 62.5 Å². The first-order chi connectivity index (χ1) is 10.3. The highest BCUT2D eigenvalue weighted by Crippen LogP contribution is 2.07. The molecule has 1 aromatic rings. The van der Waals surface area contributed by atoms with Gasteiger partial charge in [-0.05, 0) is 24.4 Å². The molecule has 0 spiro atoms. The third-order valence-corrected chi connectivity index (χ3v) is 4.21. The maximum atomic E-state index is 11.7. The van der Waals surface area contributed by atoms with Crippen molar-refractivity contribution in [2.45, 2.75) is 6.42 Å². The molecule has 0 bridgehead atoms. The van der Waals surface area contributed by atoms with Crippen LogP contribution in [0.2, 0.25) is 0 Å². The highest BCUT2D eigenvalue weighted by Gasteiger charge is 2.10. The van der Waals surface area contributed by atoms with Crippen LogP contribution in [-0.2, 0) is 4.79 Å². The minimum atomic E-state index is -0.194. The summed E-state index contributed by atoms with van der Waals surface area (Å²) in [6.45, 7) is 5.92. The zero-order chi connectivity index (χ0) is 14.9. The van der Waals surface area contributed by atoms with Gasteiger partial charge in [-0.15, -0.1) is 23.7 Å². The molecule has 0 saturated carbocycles. The number of nitrogens with zero attached hydrogens (tertiary/aromatic N) is 1. The fraction of sp³-hybridized carbons (Fsp3) is 0.571. The van der Waals surface area contributed by atoms with E-state index in [1.54, 1.807) is 6.07 Å². The summed E-state index contributed by atoms with van der Waals surface area (Å²) in [4.78, 5) is 26.3. The minimum absolute atomic E-state index is 0. The van der Waals surface area contributed by atoms with E-state index in [-0.39, 0.29) is 30.8 Å². The first-order valence-corrected chi connectivity index (χ1v) is 8.15. The molecule has 0 atom stereocenters. The van der Waals surface area contributed by atoms with Crippen molar-refractivity contribution in [1.29, 1.82) is 0 Å². The molecular formula is C14H23ClN4O2S. The number of carbonyl (C=O) groups excluding carboxylic acids is 2. The lowest BCUT2D eigenvalue weighted by Gasteiger charge is -2.27. The Morgan fingerprint density at radius 2 is 2.05 bits per heavy atom. The highest BCUT2D eigenvalue weighted by molar-refractivity contribution is 7.12. The van der Waals surface area contributed by atoms with Gasteiger partial charge in [0, 0.05) is 32.7 Å². The van der Waals surface area contributed by atoms with Gasteiger partial charge in [-0.2, -0.15) is 0 Å². The molecule has 0 unspecified atom stereocenters. The van der Waals surface area contributed by atoms with Crippen molar-refractivity contribution < 1.29 is 9.59 Å². The summed E-state index contributed by atoms with van der Waals surface area (Å²) in [5.41, 5.74) is 0. The second-order valence-corrected chi connectivity index (χ2v) is 5.90. The molecule has 6 nitrogen and oxygen atoms in total. The fourth-order valence-corrected chi connectivity index (χ4v) is 2.82. The van der Waals surface area contributed by atoms with E-state index in [0.717, 1.165) is 39.1 Å². The van der Waals surface area contributed by atoms with Gasteiger partial charge in [-0.25, -0.2) is 0 Å². The van der Waals surface area contributed by atoms with Crippen LogP contribution in [0.3, 0.4) is 0 Å². The van der Waals surface area contributed by atoms with E-state index in [2.05, 4.69) is 20.9 Å². The third-order valence-electron chi connectivity index (χ3n) is 3.34. The van der Waals surface area contributed by atoms with Crippen LogP contribution in [0.15, 0.2) is 17.5 Å². The van der Waals surface area contributed by atoms with Crippen molar-refractivity contribution in [1.82, 2.24) is 20.9 Å². The number of piperazine rings is 1. The van der Waals surface area contributed by atoms with Gasteiger partial charge in [0.25, 0.3) is 5.91 Å². The van der Waals surface area contributed by atoms with Crippen LogP contribution in [0.5, 0.6) is 0 Å². The molecule has 1 saturated heterocycles. The third kappa shape index (κ3) is 6.74. The van der Waals surface area contributed by atoms with Crippen LogP contribution in [0.1, 0.15) is 16.1 Å². The number of thiophene rings is 1. The summed E-state index contributed by atoms with van der Waals surface area (Å²) in [5.74, 6) is -0.332. The monoisotopic (exact) mass is 346 g/mol. The van der Waals surface area contributed by atoms with E-state index < -0.39 is 0 Å². The Bertz CT molecular complexity index is 450. The Balaban J connectivity index is 0.00000242. The number of hydrogen-bond acceptors (Lipinski definition) is 5. The molecule has 124 valence electrons. The summed E-state index contributed by atoms with van der Waals surface area (Å²) in [6.07, 6.45) is 0.935. The molecule has 8 heteroatoms. The molecule has 0 aliphatic carbocycles. The van der Waals surface area contributed by atoms with Crippen molar-refractivity contribution in [2.24, 2.45) is 0 Å². The van der Waals surface area contributed by atoms with Gasteiger partial charge < -0.3 is 20.9 Å². The Labute approximate surface area is 141 Å². The number of nitrogens with one attached hydrogen (secondary N) is 3. The number of halogens is 1. The van der Waals surface area contributed by atoms with Crippen molar-refractivity contribution in [3.05, 3.63) is 22.4 Å². The van der Waals surface area contributed by atoms with Crippen LogP contribution in [0.4, 0.5) is 0 Å². The number of amides is 2. The first-order valence-electron chi connectivity index (χ1n) is 7.27. The normalized spacial score (nSPS) is 14.9. The molecule has 1 aliphatic heterocycles. The van der Waals surface area contributed by atoms with Crippen molar-refractivity contribution in [3.8, 4) is 0 Å². The van der Waals surface area contributed by atoms with Gasteiger partial charge in [0.1, 0.15) is 0 Å².